The first kappa shape index (κ1) is 15.2. The van der Waals surface area contributed by atoms with Crippen molar-refractivity contribution in [3.05, 3.63) is 65.0 Å². The maximum absolute atomic E-state index is 14.0. The van der Waals surface area contributed by atoms with Gasteiger partial charge in [0.25, 0.3) is 0 Å². The zero-order chi connectivity index (χ0) is 16.6. The summed E-state index contributed by atoms with van der Waals surface area (Å²) in [5.41, 5.74) is 0.688. The zero-order valence-corrected chi connectivity index (χ0v) is 12.5. The van der Waals surface area contributed by atoms with E-state index in [1.165, 1.54) is 0 Å². The number of rotatable bonds is 4. The Morgan fingerprint density at radius 3 is 2.52 bits per heavy atom. The highest BCUT2D eigenvalue weighted by atomic mass is 19.1. The van der Waals surface area contributed by atoms with Crippen LogP contribution in [0.1, 0.15) is 40.7 Å². The van der Waals surface area contributed by atoms with Crippen LogP contribution in [0.3, 0.4) is 0 Å². The summed E-state index contributed by atoms with van der Waals surface area (Å²) in [6, 6.07) is 10.7. The van der Waals surface area contributed by atoms with Crippen molar-refractivity contribution < 1.29 is 23.8 Å². The molecule has 4 nitrogen and oxygen atoms in total. The van der Waals surface area contributed by atoms with Crippen LogP contribution in [-0.4, -0.2) is 23.0 Å². The molecule has 2 unspecified atom stereocenters. The van der Waals surface area contributed by atoms with Crippen molar-refractivity contribution in [2.24, 2.45) is 0 Å². The maximum Gasteiger partial charge on any atom is 0.314 e. The van der Waals surface area contributed by atoms with Crippen molar-refractivity contribution >= 4 is 11.8 Å². The topological polar surface area (TPSA) is 63.6 Å². The standard InChI is InChI=1S/C18H15FO4/c1-2-14-15(18(21)22)12-8-11(19)9-13(17(12)23-14)16(20)10-6-4-3-5-7-10/h3-9,14-15H,2H2,1H3,(H,21,22). The van der Waals surface area contributed by atoms with Gasteiger partial charge in [-0.2, -0.15) is 0 Å². The predicted molar refractivity (Wildman–Crippen MR) is 81.4 cm³/mol. The minimum atomic E-state index is -1.08. The number of benzene rings is 2. The number of ether oxygens (including phenoxy) is 1. The van der Waals surface area contributed by atoms with Crippen LogP contribution in [0, 0.1) is 5.82 Å². The fourth-order valence-electron chi connectivity index (χ4n) is 2.92. The summed E-state index contributed by atoms with van der Waals surface area (Å²) >= 11 is 0. The van der Waals surface area contributed by atoms with Crippen LogP contribution >= 0.6 is 0 Å². The fraction of sp³-hybridized carbons (Fsp3) is 0.222. The molecule has 1 heterocycles. The van der Waals surface area contributed by atoms with Gasteiger partial charge < -0.3 is 9.84 Å². The first-order chi connectivity index (χ1) is 11.0. The Labute approximate surface area is 132 Å². The molecule has 23 heavy (non-hydrogen) atoms. The maximum atomic E-state index is 14.0. The molecule has 0 amide bonds. The number of halogens is 1. The van der Waals surface area contributed by atoms with Crippen LogP contribution in [0.15, 0.2) is 42.5 Å². The van der Waals surface area contributed by atoms with Crippen molar-refractivity contribution in [3.63, 3.8) is 0 Å². The van der Waals surface area contributed by atoms with Gasteiger partial charge in [-0.25, -0.2) is 4.39 Å². The number of fused-ring (bicyclic) bond motifs is 1. The number of ketones is 1. The van der Waals surface area contributed by atoms with E-state index in [4.69, 9.17) is 4.74 Å². The Kier molecular flexibility index (Phi) is 3.86. The average molecular weight is 314 g/mol. The lowest BCUT2D eigenvalue weighted by atomic mass is 9.91. The van der Waals surface area contributed by atoms with Crippen molar-refractivity contribution in [1.82, 2.24) is 0 Å². The van der Waals surface area contributed by atoms with Crippen LogP contribution in [0.25, 0.3) is 0 Å². The smallest absolute Gasteiger partial charge is 0.314 e. The predicted octanol–water partition coefficient (Wildman–Crippen LogP) is 3.40. The summed E-state index contributed by atoms with van der Waals surface area (Å²) in [6.07, 6.45) is -0.154. The summed E-state index contributed by atoms with van der Waals surface area (Å²) in [5, 5.41) is 9.41. The molecule has 0 saturated carbocycles. The van der Waals surface area contributed by atoms with Gasteiger partial charge in [-0.3, -0.25) is 9.59 Å². The number of carbonyl (C=O) groups is 2. The van der Waals surface area contributed by atoms with E-state index in [2.05, 4.69) is 0 Å². The van der Waals surface area contributed by atoms with E-state index in [1.807, 2.05) is 0 Å². The second kappa shape index (κ2) is 5.83. The monoisotopic (exact) mass is 314 g/mol. The normalized spacial score (nSPS) is 19.0. The summed E-state index contributed by atoms with van der Waals surface area (Å²) in [5.74, 6) is -2.90. The van der Waals surface area contributed by atoms with E-state index < -0.39 is 23.8 Å². The van der Waals surface area contributed by atoms with E-state index in [0.717, 1.165) is 12.1 Å². The summed E-state index contributed by atoms with van der Waals surface area (Å²) < 4.78 is 19.7. The molecular formula is C18H15FO4. The molecule has 2 aromatic rings. The molecule has 0 fully saturated rings. The van der Waals surface area contributed by atoms with Crippen molar-refractivity contribution in [2.45, 2.75) is 25.4 Å². The van der Waals surface area contributed by atoms with Gasteiger partial charge in [-0.15, -0.1) is 0 Å². The van der Waals surface area contributed by atoms with E-state index in [0.29, 0.717) is 12.0 Å². The first-order valence-corrected chi connectivity index (χ1v) is 7.35. The molecule has 2 atom stereocenters. The SMILES string of the molecule is CCC1Oc2c(C(=O)c3ccccc3)cc(F)cc2C1C(=O)O. The van der Waals surface area contributed by atoms with Gasteiger partial charge >= 0.3 is 5.97 Å². The van der Waals surface area contributed by atoms with Crippen molar-refractivity contribution in [1.29, 1.82) is 0 Å². The van der Waals surface area contributed by atoms with Crippen molar-refractivity contribution in [2.75, 3.05) is 0 Å². The number of carboxylic acids is 1. The molecule has 0 aliphatic carbocycles. The van der Waals surface area contributed by atoms with Gasteiger partial charge in [-0.05, 0) is 18.6 Å². The minimum Gasteiger partial charge on any atom is -0.488 e. The average Bonchev–Trinajstić information content (AvgIpc) is 2.92. The summed E-state index contributed by atoms with van der Waals surface area (Å²) in [7, 11) is 0. The molecular weight excluding hydrogens is 299 g/mol. The molecule has 2 aromatic carbocycles. The highest BCUT2D eigenvalue weighted by Gasteiger charge is 2.41. The van der Waals surface area contributed by atoms with E-state index >= 15 is 0 Å². The molecule has 3 rings (SSSR count). The highest BCUT2D eigenvalue weighted by molar-refractivity contribution is 6.11. The van der Waals surface area contributed by atoms with Crippen molar-refractivity contribution in [3.8, 4) is 5.75 Å². The quantitative estimate of drug-likeness (QED) is 0.879. The Morgan fingerprint density at radius 2 is 1.91 bits per heavy atom. The number of hydrogen-bond acceptors (Lipinski definition) is 3. The Bertz CT molecular complexity index is 770. The van der Waals surface area contributed by atoms with Gasteiger partial charge in [0.2, 0.25) is 0 Å². The number of hydrogen-bond donors (Lipinski definition) is 1. The van der Waals surface area contributed by atoms with Gasteiger partial charge in [0.05, 0.1) is 5.56 Å². The summed E-state index contributed by atoms with van der Waals surface area (Å²) in [6.45, 7) is 1.79. The summed E-state index contributed by atoms with van der Waals surface area (Å²) in [4.78, 5) is 24.1. The third-order valence-electron chi connectivity index (χ3n) is 4.01. The minimum absolute atomic E-state index is 0.0633. The van der Waals surface area contributed by atoms with Gasteiger partial charge in [0.15, 0.2) is 5.78 Å². The second-order valence-electron chi connectivity index (χ2n) is 5.45. The van der Waals surface area contributed by atoms with E-state index in [1.54, 1.807) is 37.3 Å². The Balaban J connectivity index is 2.13. The van der Waals surface area contributed by atoms with Gasteiger partial charge in [-0.1, -0.05) is 37.3 Å². The third-order valence-corrected chi connectivity index (χ3v) is 4.01. The lowest BCUT2D eigenvalue weighted by Crippen LogP contribution is -2.24. The zero-order valence-electron chi connectivity index (χ0n) is 12.5. The van der Waals surface area contributed by atoms with Crippen LogP contribution in [0.4, 0.5) is 4.39 Å². The van der Waals surface area contributed by atoms with Crippen LogP contribution in [0.2, 0.25) is 0 Å². The highest BCUT2D eigenvalue weighted by Crippen LogP contribution is 2.43. The molecule has 1 N–H and O–H groups in total. The molecule has 0 saturated heterocycles. The van der Waals surface area contributed by atoms with Gasteiger partial charge in [0, 0.05) is 11.1 Å². The molecule has 118 valence electrons. The third kappa shape index (κ3) is 2.59. The molecule has 1 aliphatic heterocycles. The van der Waals surface area contributed by atoms with Crippen LogP contribution < -0.4 is 4.74 Å². The number of aliphatic carboxylic acids is 1. The van der Waals surface area contributed by atoms with Crippen LogP contribution in [0.5, 0.6) is 5.75 Å². The molecule has 0 radical (unpaired) electrons. The lowest BCUT2D eigenvalue weighted by Gasteiger charge is -2.12. The number of carboxylic acid groups (broad SMARTS) is 1. The molecule has 0 spiro atoms. The molecule has 1 aliphatic rings. The van der Waals surface area contributed by atoms with Crippen LogP contribution in [-0.2, 0) is 4.79 Å². The fourth-order valence-corrected chi connectivity index (χ4v) is 2.92. The molecule has 0 aromatic heterocycles. The Hall–Kier alpha value is -2.69. The van der Waals surface area contributed by atoms with Gasteiger partial charge in [0.1, 0.15) is 23.6 Å². The van der Waals surface area contributed by atoms with E-state index in [9.17, 15) is 19.1 Å². The Morgan fingerprint density at radius 1 is 1.22 bits per heavy atom. The molecule has 0 bridgehead atoms. The molecule has 5 heteroatoms. The second-order valence-corrected chi connectivity index (χ2v) is 5.45. The lowest BCUT2D eigenvalue weighted by molar-refractivity contribution is -0.140. The first-order valence-electron chi connectivity index (χ1n) is 7.35. The largest absolute Gasteiger partial charge is 0.488 e. The van der Waals surface area contributed by atoms with E-state index in [-0.39, 0.29) is 22.7 Å². The number of carbonyl (C=O) groups excluding carboxylic acids is 1.